The molecule has 1 aliphatic rings. The summed E-state index contributed by atoms with van der Waals surface area (Å²) in [6, 6.07) is 24.4. The summed E-state index contributed by atoms with van der Waals surface area (Å²) < 4.78 is 6.82. The lowest BCUT2D eigenvalue weighted by molar-refractivity contribution is 0.102. The van der Waals surface area contributed by atoms with Gasteiger partial charge in [-0.25, -0.2) is 4.68 Å². The molecule has 0 bridgehead atoms. The Bertz CT molecular complexity index is 1340. The van der Waals surface area contributed by atoms with Gasteiger partial charge in [0.15, 0.2) is 5.69 Å². The molecule has 4 aromatic rings. The summed E-state index contributed by atoms with van der Waals surface area (Å²) in [5.41, 5.74) is 2.58. The van der Waals surface area contributed by atoms with E-state index >= 15 is 0 Å². The molecule has 166 valence electrons. The summed E-state index contributed by atoms with van der Waals surface area (Å²) in [7, 11) is 0. The molecule has 1 saturated heterocycles. The Morgan fingerprint density at radius 1 is 0.879 bits per heavy atom. The molecule has 1 fully saturated rings. The topological polar surface area (TPSA) is 76.5 Å². The second kappa shape index (κ2) is 9.26. The molecule has 1 N–H and O–H groups in total. The van der Waals surface area contributed by atoms with Crippen LogP contribution in [-0.4, -0.2) is 42.0 Å². The lowest BCUT2D eigenvalue weighted by atomic mass is 10.1. The van der Waals surface area contributed by atoms with Gasteiger partial charge in [-0.05, 0) is 23.8 Å². The highest BCUT2D eigenvalue weighted by molar-refractivity contribution is 6.12. The van der Waals surface area contributed by atoms with Crippen molar-refractivity contribution in [1.82, 2.24) is 9.78 Å². The van der Waals surface area contributed by atoms with Crippen molar-refractivity contribution in [3.8, 4) is 0 Å². The number of carbonyl (C=O) groups excluding carboxylic acids is 1. The van der Waals surface area contributed by atoms with E-state index in [1.54, 1.807) is 18.2 Å². The van der Waals surface area contributed by atoms with Gasteiger partial charge in [-0.1, -0.05) is 60.7 Å². The number of para-hydroxylation sites is 2. The molecule has 5 rings (SSSR count). The summed E-state index contributed by atoms with van der Waals surface area (Å²) >= 11 is 0. The van der Waals surface area contributed by atoms with Crippen molar-refractivity contribution in [3.05, 3.63) is 100 Å². The number of carbonyl (C=O) groups is 1. The fraction of sp³-hybridized carbons (Fsp3) is 0.192. The average molecular weight is 441 g/mol. The highest BCUT2D eigenvalue weighted by atomic mass is 16.5. The number of aromatic nitrogens is 2. The number of nitrogens with one attached hydrogen (secondary N) is 1. The SMILES string of the molecule is O=C(Nc1ccccc1N1CCOCC1)c1nn(Cc2ccccc2)c(=O)c2ccccc12. The van der Waals surface area contributed by atoms with Gasteiger partial charge in [0.25, 0.3) is 11.5 Å². The van der Waals surface area contributed by atoms with Crippen molar-refractivity contribution < 1.29 is 9.53 Å². The number of fused-ring (bicyclic) bond motifs is 1. The van der Waals surface area contributed by atoms with Crippen LogP contribution in [0.1, 0.15) is 16.1 Å². The minimum atomic E-state index is -0.353. The zero-order chi connectivity index (χ0) is 22.6. The van der Waals surface area contributed by atoms with Crippen LogP contribution in [0.3, 0.4) is 0 Å². The summed E-state index contributed by atoms with van der Waals surface area (Å²) in [5.74, 6) is -0.353. The first kappa shape index (κ1) is 20.9. The molecular formula is C26H24N4O3. The van der Waals surface area contributed by atoms with E-state index in [0.717, 1.165) is 24.3 Å². The van der Waals surface area contributed by atoms with E-state index < -0.39 is 0 Å². The van der Waals surface area contributed by atoms with Crippen LogP contribution in [0.4, 0.5) is 11.4 Å². The first-order valence-corrected chi connectivity index (χ1v) is 11.0. The maximum Gasteiger partial charge on any atom is 0.276 e. The molecule has 0 unspecified atom stereocenters. The van der Waals surface area contributed by atoms with E-state index in [-0.39, 0.29) is 23.7 Å². The smallest absolute Gasteiger partial charge is 0.276 e. The Hall–Kier alpha value is -3.97. The number of benzene rings is 3. The van der Waals surface area contributed by atoms with Crippen LogP contribution < -0.4 is 15.8 Å². The minimum Gasteiger partial charge on any atom is -0.378 e. The molecule has 0 spiro atoms. The number of hydrogen-bond donors (Lipinski definition) is 1. The summed E-state index contributed by atoms with van der Waals surface area (Å²) in [5, 5.41) is 8.52. The number of rotatable bonds is 5. The molecule has 0 saturated carbocycles. The standard InChI is InChI=1S/C26H24N4O3/c31-25(27-22-12-6-7-13-23(22)29-14-16-33-17-15-29)24-20-10-4-5-11-21(20)26(32)30(28-24)18-19-8-2-1-3-9-19/h1-13H,14-18H2,(H,27,31). The van der Waals surface area contributed by atoms with Crippen LogP contribution in [0.2, 0.25) is 0 Å². The second-order valence-corrected chi connectivity index (χ2v) is 7.91. The van der Waals surface area contributed by atoms with Crippen LogP contribution in [0.5, 0.6) is 0 Å². The Morgan fingerprint density at radius 3 is 2.33 bits per heavy atom. The molecule has 1 aliphatic heterocycles. The van der Waals surface area contributed by atoms with E-state index in [0.29, 0.717) is 29.7 Å². The highest BCUT2D eigenvalue weighted by Gasteiger charge is 2.20. The van der Waals surface area contributed by atoms with Crippen LogP contribution >= 0.6 is 0 Å². The fourth-order valence-corrected chi connectivity index (χ4v) is 4.11. The summed E-state index contributed by atoms with van der Waals surface area (Å²) in [6.45, 7) is 3.11. The maximum absolute atomic E-state index is 13.4. The van der Waals surface area contributed by atoms with Gasteiger partial charge in [0.2, 0.25) is 0 Å². The molecular weight excluding hydrogens is 416 g/mol. The normalized spacial score (nSPS) is 13.8. The van der Waals surface area contributed by atoms with Crippen LogP contribution in [0, 0.1) is 0 Å². The monoisotopic (exact) mass is 440 g/mol. The zero-order valence-electron chi connectivity index (χ0n) is 18.1. The second-order valence-electron chi connectivity index (χ2n) is 7.91. The van der Waals surface area contributed by atoms with Gasteiger partial charge in [-0.2, -0.15) is 5.10 Å². The van der Waals surface area contributed by atoms with E-state index in [1.807, 2.05) is 60.7 Å². The first-order valence-electron chi connectivity index (χ1n) is 11.0. The van der Waals surface area contributed by atoms with Crippen molar-refractivity contribution >= 4 is 28.1 Å². The van der Waals surface area contributed by atoms with E-state index in [9.17, 15) is 9.59 Å². The lowest BCUT2D eigenvalue weighted by Gasteiger charge is -2.30. The number of ether oxygens (including phenoxy) is 1. The van der Waals surface area contributed by atoms with Crippen molar-refractivity contribution in [3.63, 3.8) is 0 Å². The van der Waals surface area contributed by atoms with E-state index in [1.165, 1.54) is 4.68 Å². The molecule has 3 aromatic carbocycles. The maximum atomic E-state index is 13.4. The largest absolute Gasteiger partial charge is 0.378 e. The van der Waals surface area contributed by atoms with Crippen molar-refractivity contribution in [2.24, 2.45) is 0 Å². The fourth-order valence-electron chi connectivity index (χ4n) is 4.11. The number of amides is 1. The molecule has 1 amide bonds. The van der Waals surface area contributed by atoms with Gasteiger partial charge >= 0.3 is 0 Å². The van der Waals surface area contributed by atoms with Gasteiger partial charge in [-0.3, -0.25) is 9.59 Å². The first-order chi connectivity index (χ1) is 16.2. The lowest BCUT2D eigenvalue weighted by Crippen LogP contribution is -2.36. The molecule has 7 nitrogen and oxygen atoms in total. The molecule has 2 heterocycles. The Kier molecular flexibility index (Phi) is 5.87. The van der Waals surface area contributed by atoms with Gasteiger partial charge in [0, 0.05) is 18.5 Å². The highest BCUT2D eigenvalue weighted by Crippen LogP contribution is 2.27. The minimum absolute atomic E-state index is 0.220. The quantitative estimate of drug-likeness (QED) is 0.514. The molecule has 7 heteroatoms. The Balaban J connectivity index is 1.53. The van der Waals surface area contributed by atoms with E-state index in [4.69, 9.17) is 4.74 Å². The predicted octanol–water partition coefficient (Wildman–Crippen LogP) is 3.53. The van der Waals surface area contributed by atoms with Crippen LogP contribution in [0.25, 0.3) is 10.8 Å². The van der Waals surface area contributed by atoms with E-state index in [2.05, 4.69) is 15.3 Å². The molecule has 0 aliphatic carbocycles. The van der Waals surface area contributed by atoms with Gasteiger partial charge in [0.1, 0.15) is 0 Å². The summed E-state index contributed by atoms with van der Waals surface area (Å²) in [4.78, 5) is 28.7. The molecule has 0 atom stereocenters. The van der Waals surface area contributed by atoms with Crippen LogP contribution in [0.15, 0.2) is 83.7 Å². The Labute approximate surface area is 191 Å². The van der Waals surface area contributed by atoms with Gasteiger partial charge in [-0.15, -0.1) is 0 Å². The number of hydrogen-bond acceptors (Lipinski definition) is 5. The van der Waals surface area contributed by atoms with Gasteiger partial charge < -0.3 is 15.0 Å². The number of nitrogens with zero attached hydrogens (tertiary/aromatic N) is 3. The van der Waals surface area contributed by atoms with Crippen molar-refractivity contribution in [2.45, 2.75) is 6.54 Å². The molecule has 0 radical (unpaired) electrons. The average Bonchev–Trinajstić information content (AvgIpc) is 2.87. The third-order valence-electron chi connectivity index (χ3n) is 5.76. The molecule has 1 aromatic heterocycles. The number of anilines is 2. The third kappa shape index (κ3) is 4.36. The molecule has 33 heavy (non-hydrogen) atoms. The van der Waals surface area contributed by atoms with Gasteiger partial charge in [0.05, 0.1) is 36.5 Å². The number of morpholine rings is 1. The third-order valence-corrected chi connectivity index (χ3v) is 5.76. The summed E-state index contributed by atoms with van der Waals surface area (Å²) in [6.07, 6.45) is 0. The zero-order valence-corrected chi connectivity index (χ0v) is 18.1. The predicted molar refractivity (Wildman–Crippen MR) is 129 cm³/mol. The Morgan fingerprint density at radius 2 is 1.55 bits per heavy atom. The van der Waals surface area contributed by atoms with Crippen molar-refractivity contribution in [2.75, 3.05) is 36.5 Å². The van der Waals surface area contributed by atoms with Crippen molar-refractivity contribution in [1.29, 1.82) is 0 Å². The van der Waals surface area contributed by atoms with Crippen LogP contribution in [-0.2, 0) is 11.3 Å².